The van der Waals surface area contributed by atoms with E-state index in [1.807, 2.05) is 73.7 Å². The minimum atomic E-state index is 0.470. The molecule has 0 atom stereocenters. The molecule has 3 heteroatoms. The van der Waals surface area contributed by atoms with Gasteiger partial charge in [-0.25, -0.2) is 0 Å². The summed E-state index contributed by atoms with van der Waals surface area (Å²) in [4.78, 5) is 0. The number of nitriles is 1. The van der Waals surface area contributed by atoms with Crippen molar-refractivity contribution in [3.8, 4) is 17.6 Å². The lowest BCUT2D eigenvalue weighted by Crippen LogP contribution is -2.00. The molecule has 0 saturated heterocycles. The van der Waals surface area contributed by atoms with E-state index in [1.165, 1.54) is 5.56 Å². The molecule has 0 amide bonds. The van der Waals surface area contributed by atoms with E-state index in [2.05, 4.69) is 37.3 Å². The topological polar surface area (TPSA) is 42.2 Å². The van der Waals surface area contributed by atoms with Crippen LogP contribution in [0.25, 0.3) is 22.4 Å². The van der Waals surface area contributed by atoms with Gasteiger partial charge in [0, 0.05) is 0 Å². The lowest BCUT2D eigenvalue weighted by Gasteiger charge is -2.13. The molecule has 0 fully saturated rings. The highest BCUT2D eigenvalue weighted by molar-refractivity contribution is 5.94. The molecule has 0 spiro atoms. The molecule has 32 heavy (non-hydrogen) atoms. The molecule has 158 valence electrons. The predicted molar refractivity (Wildman–Crippen MR) is 131 cm³/mol. The second kappa shape index (κ2) is 9.85. The van der Waals surface area contributed by atoms with E-state index in [4.69, 9.17) is 9.47 Å². The Kier molecular flexibility index (Phi) is 6.53. The first-order chi connectivity index (χ1) is 15.7. The third-order valence-corrected chi connectivity index (χ3v) is 5.24. The molecule has 0 bridgehead atoms. The van der Waals surface area contributed by atoms with Crippen LogP contribution in [0.1, 0.15) is 29.2 Å². The fourth-order valence-corrected chi connectivity index (χ4v) is 3.67. The molecule has 4 aromatic carbocycles. The zero-order chi connectivity index (χ0) is 22.3. The molecule has 0 N–H and O–H groups in total. The van der Waals surface area contributed by atoms with Crippen LogP contribution in [0.4, 0.5) is 0 Å². The van der Waals surface area contributed by atoms with Crippen molar-refractivity contribution in [2.75, 3.05) is 6.61 Å². The molecule has 3 nitrogen and oxygen atoms in total. The van der Waals surface area contributed by atoms with Gasteiger partial charge in [-0.2, -0.15) is 5.26 Å². The van der Waals surface area contributed by atoms with Crippen molar-refractivity contribution in [1.82, 2.24) is 0 Å². The Morgan fingerprint density at radius 1 is 0.844 bits per heavy atom. The van der Waals surface area contributed by atoms with Crippen LogP contribution in [0.15, 0.2) is 84.9 Å². The Morgan fingerprint density at radius 3 is 2.47 bits per heavy atom. The highest BCUT2D eigenvalue weighted by atomic mass is 16.5. The Labute approximate surface area is 189 Å². The van der Waals surface area contributed by atoms with Crippen molar-refractivity contribution in [3.05, 3.63) is 107 Å². The summed E-state index contributed by atoms with van der Waals surface area (Å²) < 4.78 is 11.9. The first kappa shape index (κ1) is 21.2. The molecule has 0 aliphatic heterocycles. The van der Waals surface area contributed by atoms with E-state index in [0.29, 0.717) is 30.3 Å². The van der Waals surface area contributed by atoms with Gasteiger partial charge in [0.25, 0.3) is 0 Å². The zero-order valence-electron chi connectivity index (χ0n) is 18.3. The molecule has 4 rings (SSSR count). The van der Waals surface area contributed by atoms with Gasteiger partial charge in [0.15, 0.2) is 11.5 Å². The number of nitrogens with zero attached hydrogens (tertiary/aromatic N) is 1. The number of hydrogen-bond acceptors (Lipinski definition) is 3. The molecule has 4 aromatic rings. The van der Waals surface area contributed by atoms with Crippen molar-refractivity contribution in [3.63, 3.8) is 0 Å². The van der Waals surface area contributed by atoms with Crippen LogP contribution < -0.4 is 9.47 Å². The van der Waals surface area contributed by atoms with Crippen molar-refractivity contribution < 1.29 is 9.47 Å². The smallest absolute Gasteiger partial charge is 0.161 e. The summed E-state index contributed by atoms with van der Waals surface area (Å²) >= 11 is 0. The van der Waals surface area contributed by atoms with Gasteiger partial charge in [-0.15, -0.1) is 0 Å². The van der Waals surface area contributed by atoms with Crippen LogP contribution in [0.3, 0.4) is 0 Å². The van der Waals surface area contributed by atoms with Crippen molar-refractivity contribution >= 4 is 22.4 Å². The van der Waals surface area contributed by atoms with E-state index in [-0.39, 0.29) is 0 Å². The summed E-state index contributed by atoms with van der Waals surface area (Å²) in [6.07, 6.45) is 1.89. The number of benzene rings is 4. The molecule has 0 heterocycles. The van der Waals surface area contributed by atoms with E-state index in [0.717, 1.165) is 27.5 Å². The summed E-state index contributed by atoms with van der Waals surface area (Å²) in [5.41, 5.74) is 4.70. The number of rotatable bonds is 7. The van der Waals surface area contributed by atoms with Gasteiger partial charge >= 0.3 is 0 Å². The lowest BCUT2D eigenvalue weighted by molar-refractivity contribution is 0.269. The minimum Gasteiger partial charge on any atom is -0.490 e. The van der Waals surface area contributed by atoms with Crippen molar-refractivity contribution in [2.45, 2.75) is 20.5 Å². The average molecular weight is 420 g/mol. The Hall–Kier alpha value is -4.03. The zero-order valence-corrected chi connectivity index (χ0v) is 18.3. The highest BCUT2D eigenvalue weighted by Crippen LogP contribution is 2.31. The third-order valence-electron chi connectivity index (χ3n) is 5.24. The molecule has 0 aliphatic carbocycles. The molecule has 0 aliphatic rings. The standard InChI is InChI=1S/C29H25NO2/c1-3-31-29-17-22(11-14-28(29)32-20-23-8-6-7-21(2)15-23)16-27(19-30)26-13-12-24-9-4-5-10-25(24)18-26/h4-18H,3,20H2,1-2H3. The van der Waals surface area contributed by atoms with E-state index in [9.17, 15) is 5.26 Å². The number of hydrogen-bond donors (Lipinski definition) is 0. The van der Waals surface area contributed by atoms with Gasteiger partial charge in [-0.05, 0) is 65.6 Å². The molecule has 0 aromatic heterocycles. The molecule has 0 unspecified atom stereocenters. The monoisotopic (exact) mass is 419 g/mol. The number of allylic oxidation sites excluding steroid dienone is 1. The van der Waals surface area contributed by atoms with Crippen molar-refractivity contribution in [1.29, 1.82) is 5.26 Å². The number of ether oxygens (including phenoxy) is 2. The van der Waals surface area contributed by atoms with Gasteiger partial charge in [0.2, 0.25) is 0 Å². The maximum atomic E-state index is 9.80. The third kappa shape index (κ3) is 4.99. The van der Waals surface area contributed by atoms with Gasteiger partial charge in [0.1, 0.15) is 6.61 Å². The summed E-state index contributed by atoms with van der Waals surface area (Å²) in [6, 6.07) is 30.6. The van der Waals surface area contributed by atoms with Gasteiger partial charge in [0.05, 0.1) is 18.2 Å². The minimum absolute atomic E-state index is 0.470. The largest absolute Gasteiger partial charge is 0.490 e. The van der Waals surface area contributed by atoms with Crippen LogP contribution >= 0.6 is 0 Å². The summed E-state index contributed by atoms with van der Waals surface area (Å²) in [7, 11) is 0. The second-order valence-corrected chi connectivity index (χ2v) is 7.65. The fourth-order valence-electron chi connectivity index (χ4n) is 3.67. The molecular formula is C29H25NO2. The Morgan fingerprint density at radius 2 is 1.69 bits per heavy atom. The summed E-state index contributed by atoms with van der Waals surface area (Å²) in [5, 5.41) is 12.1. The fraction of sp³-hybridized carbons (Fsp3) is 0.138. The van der Waals surface area contributed by atoms with Crippen molar-refractivity contribution in [2.24, 2.45) is 0 Å². The summed E-state index contributed by atoms with van der Waals surface area (Å²) in [5.74, 6) is 1.36. The lowest BCUT2D eigenvalue weighted by atomic mass is 10.00. The average Bonchev–Trinajstić information content (AvgIpc) is 2.82. The SMILES string of the molecule is CCOc1cc(C=C(C#N)c2ccc3ccccc3c2)ccc1OCc1cccc(C)c1. The molecule has 0 saturated carbocycles. The number of aryl methyl sites for hydroxylation is 1. The molecule has 0 radical (unpaired) electrons. The van der Waals surface area contributed by atoms with E-state index < -0.39 is 0 Å². The first-order valence-corrected chi connectivity index (χ1v) is 10.7. The second-order valence-electron chi connectivity index (χ2n) is 7.65. The van der Waals surface area contributed by atoms with Gasteiger partial charge in [-0.1, -0.05) is 72.3 Å². The normalized spacial score (nSPS) is 11.2. The van der Waals surface area contributed by atoms with Gasteiger partial charge in [-0.3, -0.25) is 0 Å². The quantitative estimate of drug-likeness (QED) is 0.235. The maximum Gasteiger partial charge on any atom is 0.161 e. The maximum absolute atomic E-state index is 9.80. The summed E-state index contributed by atoms with van der Waals surface area (Å²) in [6.45, 7) is 5.02. The van der Waals surface area contributed by atoms with E-state index >= 15 is 0 Å². The van der Waals surface area contributed by atoms with E-state index in [1.54, 1.807) is 0 Å². The van der Waals surface area contributed by atoms with Crippen LogP contribution in [-0.2, 0) is 6.61 Å². The van der Waals surface area contributed by atoms with Gasteiger partial charge < -0.3 is 9.47 Å². The number of fused-ring (bicyclic) bond motifs is 1. The predicted octanol–water partition coefficient (Wildman–Crippen LogP) is 7.19. The first-order valence-electron chi connectivity index (χ1n) is 10.7. The highest BCUT2D eigenvalue weighted by Gasteiger charge is 2.09. The van der Waals surface area contributed by atoms with Crippen LogP contribution in [0.2, 0.25) is 0 Å². The molecular weight excluding hydrogens is 394 g/mol. The Bertz CT molecular complexity index is 1310. The van der Waals surface area contributed by atoms with Crippen LogP contribution in [0.5, 0.6) is 11.5 Å². The van der Waals surface area contributed by atoms with Crippen LogP contribution in [0, 0.1) is 18.3 Å². The Balaban J connectivity index is 1.61. The van der Waals surface area contributed by atoms with Crippen LogP contribution in [-0.4, -0.2) is 6.61 Å².